The molecule has 0 radical (unpaired) electrons. The monoisotopic (exact) mass is 317 g/mol. The molecule has 0 aliphatic carbocycles. The number of hydrogen-bond acceptors (Lipinski definition) is 2. The minimum atomic E-state index is -0.820. The van der Waals surface area contributed by atoms with Gasteiger partial charge in [0.25, 0.3) is 0 Å². The molecular formula is C13H17BrFNO2. The Hall–Kier alpha value is -0.940. The summed E-state index contributed by atoms with van der Waals surface area (Å²) >= 11 is 3.38. The van der Waals surface area contributed by atoms with Crippen molar-refractivity contribution < 1.29 is 14.3 Å². The van der Waals surface area contributed by atoms with Crippen LogP contribution < -0.4 is 0 Å². The number of hydrogen-bond donors (Lipinski definition) is 1. The molecule has 1 N–H and O–H groups in total. The van der Waals surface area contributed by atoms with Crippen LogP contribution in [0.5, 0.6) is 0 Å². The Morgan fingerprint density at radius 2 is 2.17 bits per heavy atom. The first-order valence-corrected chi connectivity index (χ1v) is 6.59. The van der Waals surface area contributed by atoms with Crippen LogP contribution in [0.15, 0.2) is 22.7 Å². The van der Waals surface area contributed by atoms with Gasteiger partial charge < -0.3 is 5.11 Å². The van der Waals surface area contributed by atoms with E-state index in [-0.39, 0.29) is 18.3 Å². The molecule has 0 atom stereocenters. The Labute approximate surface area is 115 Å². The van der Waals surface area contributed by atoms with Gasteiger partial charge in [-0.1, -0.05) is 15.9 Å². The Balaban J connectivity index is 2.76. The highest BCUT2D eigenvalue weighted by atomic mass is 79.9. The first-order chi connectivity index (χ1) is 8.40. The summed E-state index contributed by atoms with van der Waals surface area (Å²) in [5.41, 5.74) is 0.828. The first kappa shape index (κ1) is 15.1. The summed E-state index contributed by atoms with van der Waals surface area (Å²) in [6.45, 7) is 4.98. The van der Waals surface area contributed by atoms with Gasteiger partial charge in [0.15, 0.2) is 0 Å². The van der Waals surface area contributed by atoms with Crippen molar-refractivity contribution >= 4 is 21.9 Å². The highest BCUT2D eigenvalue weighted by Crippen LogP contribution is 2.20. The number of nitrogens with zero attached hydrogens (tertiary/aromatic N) is 1. The largest absolute Gasteiger partial charge is 0.481 e. The van der Waals surface area contributed by atoms with Gasteiger partial charge in [-0.2, -0.15) is 0 Å². The molecule has 0 aliphatic rings. The van der Waals surface area contributed by atoms with Crippen LogP contribution in [0.2, 0.25) is 0 Å². The lowest BCUT2D eigenvalue weighted by Gasteiger charge is -2.26. The predicted octanol–water partition coefficient (Wildman–Crippen LogP) is 3.27. The maximum Gasteiger partial charge on any atom is 0.304 e. The zero-order valence-electron chi connectivity index (χ0n) is 10.5. The summed E-state index contributed by atoms with van der Waals surface area (Å²) in [6, 6.07) is 4.74. The Kier molecular flexibility index (Phi) is 5.75. The van der Waals surface area contributed by atoms with Crippen LogP contribution in [0.4, 0.5) is 4.39 Å². The molecule has 1 rings (SSSR count). The molecule has 0 heterocycles. The standard InChI is InChI=1S/C13H17BrFNO2/c1-9(2)16(6-5-13(17)18)8-10-7-11(15)3-4-12(10)14/h3-4,7,9H,5-6,8H2,1-2H3,(H,17,18). The minimum Gasteiger partial charge on any atom is -0.481 e. The van der Waals surface area contributed by atoms with Crippen LogP contribution in [-0.4, -0.2) is 28.6 Å². The van der Waals surface area contributed by atoms with E-state index in [1.807, 2.05) is 18.7 Å². The normalized spacial score (nSPS) is 11.2. The van der Waals surface area contributed by atoms with Gasteiger partial charge >= 0.3 is 5.97 Å². The number of rotatable bonds is 6. The topological polar surface area (TPSA) is 40.5 Å². The lowest BCUT2D eigenvalue weighted by atomic mass is 10.1. The smallest absolute Gasteiger partial charge is 0.304 e. The molecule has 0 amide bonds. The van der Waals surface area contributed by atoms with E-state index in [2.05, 4.69) is 15.9 Å². The van der Waals surface area contributed by atoms with Crippen molar-refractivity contribution in [3.8, 4) is 0 Å². The summed E-state index contributed by atoms with van der Waals surface area (Å²) in [6.07, 6.45) is 0.0884. The van der Waals surface area contributed by atoms with Gasteiger partial charge in [0, 0.05) is 23.6 Å². The van der Waals surface area contributed by atoms with Crippen molar-refractivity contribution in [2.75, 3.05) is 6.54 Å². The number of aliphatic carboxylic acids is 1. The predicted molar refractivity (Wildman–Crippen MR) is 71.9 cm³/mol. The maximum atomic E-state index is 13.2. The van der Waals surface area contributed by atoms with Gasteiger partial charge in [-0.25, -0.2) is 4.39 Å². The van der Waals surface area contributed by atoms with Crippen LogP contribution in [0, 0.1) is 5.82 Å². The van der Waals surface area contributed by atoms with E-state index in [1.54, 1.807) is 6.07 Å². The second-order valence-corrected chi connectivity index (χ2v) is 5.30. The molecule has 3 nitrogen and oxygen atoms in total. The van der Waals surface area contributed by atoms with E-state index in [0.29, 0.717) is 13.1 Å². The molecule has 0 aromatic heterocycles. The summed E-state index contributed by atoms with van der Waals surface area (Å²) in [5, 5.41) is 8.71. The van der Waals surface area contributed by atoms with Crippen LogP contribution in [0.3, 0.4) is 0 Å². The van der Waals surface area contributed by atoms with E-state index < -0.39 is 5.97 Å². The molecule has 0 unspecified atom stereocenters. The molecule has 0 aliphatic heterocycles. The molecule has 0 spiro atoms. The third kappa shape index (κ3) is 4.74. The van der Waals surface area contributed by atoms with Crippen molar-refractivity contribution in [3.63, 3.8) is 0 Å². The van der Waals surface area contributed by atoms with Crippen molar-refractivity contribution in [1.82, 2.24) is 4.90 Å². The van der Waals surface area contributed by atoms with Gasteiger partial charge in [-0.05, 0) is 37.6 Å². The van der Waals surface area contributed by atoms with Gasteiger partial charge in [-0.3, -0.25) is 9.69 Å². The van der Waals surface area contributed by atoms with Crippen LogP contribution in [0.1, 0.15) is 25.8 Å². The fraction of sp³-hybridized carbons (Fsp3) is 0.462. The van der Waals surface area contributed by atoms with Crippen molar-refractivity contribution in [1.29, 1.82) is 0 Å². The van der Waals surface area contributed by atoms with Gasteiger partial charge in [0.05, 0.1) is 6.42 Å². The van der Waals surface area contributed by atoms with Crippen molar-refractivity contribution in [3.05, 3.63) is 34.1 Å². The van der Waals surface area contributed by atoms with E-state index >= 15 is 0 Å². The number of halogens is 2. The van der Waals surface area contributed by atoms with E-state index in [4.69, 9.17) is 5.11 Å². The molecule has 18 heavy (non-hydrogen) atoms. The fourth-order valence-corrected chi connectivity index (χ4v) is 2.01. The highest BCUT2D eigenvalue weighted by molar-refractivity contribution is 9.10. The molecule has 0 bridgehead atoms. The second kappa shape index (κ2) is 6.85. The van der Waals surface area contributed by atoms with Crippen LogP contribution in [-0.2, 0) is 11.3 Å². The number of carboxylic acids is 1. The molecule has 1 aromatic carbocycles. The number of carboxylic acid groups (broad SMARTS) is 1. The highest BCUT2D eigenvalue weighted by Gasteiger charge is 2.13. The summed E-state index contributed by atoms with van der Waals surface area (Å²) in [4.78, 5) is 12.6. The number of carbonyl (C=O) groups is 1. The zero-order valence-corrected chi connectivity index (χ0v) is 12.1. The van der Waals surface area contributed by atoms with Crippen LogP contribution in [0.25, 0.3) is 0 Å². The molecule has 0 saturated carbocycles. The van der Waals surface area contributed by atoms with Crippen LogP contribution >= 0.6 is 15.9 Å². The average Bonchev–Trinajstić information content (AvgIpc) is 2.28. The van der Waals surface area contributed by atoms with Crippen molar-refractivity contribution in [2.24, 2.45) is 0 Å². The zero-order chi connectivity index (χ0) is 13.7. The lowest BCUT2D eigenvalue weighted by molar-refractivity contribution is -0.137. The third-order valence-electron chi connectivity index (χ3n) is 2.72. The van der Waals surface area contributed by atoms with Crippen molar-refractivity contribution in [2.45, 2.75) is 32.9 Å². The molecule has 0 fully saturated rings. The molecule has 5 heteroatoms. The molecule has 100 valence electrons. The Bertz CT molecular complexity index is 423. The quantitative estimate of drug-likeness (QED) is 0.875. The second-order valence-electron chi connectivity index (χ2n) is 4.44. The Morgan fingerprint density at radius 3 is 2.72 bits per heavy atom. The first-order valence-electron chi connectivity index (χ1n) is 5.80. The van der Waals surface area contributed by atoms with E-state index in [0.717, 1.165) is 10.0 Å². The average molecular weight is 318 g/mol. The lowest BCUT2D eigenvalue weighted by Crippen LogP contribution is -2.32. The molecular weight excluding hydrogens is 301 g/mol. The maximum absolute atomic E-state index is 13.2. The molecule has 1 aromatic rings. The van der Waals surface area contributed by atoms with Gasteiger partial charge in [-0.15, -0.1) is 0 Å². The number of benzene rings is 1. The summed E-state index contributed by atoms with van der Waals surface area (Å²) in [7, 11) is 0. The molecule has 0 saturated heterocycles. The fourth-order valence-electron chi connectivity index (χ4n) is 1.64. The SMILES string of the molecule is CC(C)N(CCC(=O)O)Cc1cc(F)ccc1Br. The summed E-state index contributed by atoms with van der Waals surface area (Å²) in [5.74, 6) is -1.10. The van der Waals surface area contributed by atoms with E-state index in [9.17, 15) is 9.18 Å². The minimum absolute atomic E-state index is 0.0884. The Morgan fingerprint density at radius 1 is 1.50 bits per heavy atom. The summed E-state index contributed by atoms with van der Waals surface area (Å²) < 4.78 is 14.0. The van der Waals surface area contributed by atoms with Gasteiger partial charge in [0.1, 0.15) is 5.82 Å². The third-order valence-corrected chi connectivity index (χ3v) is 3.50. The van der Waals surface area contributed by atoms with E-state index in [1.165, 1.54) is 12.1 Å². The van der Waals surface area contributed by atoms with Gasteiger partial charge in [0.2, 0.25) is 0 Å².